The molecule has 0 aliphatic carbocycles. The molecule has 10 heteroatoms. The monoisotopic (exact) mass is 452 g/mol. The molecule has 0 atom stereocenters. The second-order valence-electron chi connectivity index (χ2n) is 6.59. The maximum absolute atomic E-state index is 12.7. The molecular weight excluding hydrogens is 440 g/mol. The highest BCUT2D eigenvalue weighted by atomic mass is 35.5. The number of sulfone groups is 1. The van der Waals surface area contributed by atoms with Gasteiger partial charge in [-0.05, 0) is 48.5 Å². The summed E-state index contributed by atoms with van der Waals surface area (Å²) in [5, 5.41) is 12.2. The van der Waals surface area contributed by atoms with Gasteiger partial charge in [-0.25, -0.2) is 18.4 Å². The first-order valence-corrected chi connectivity index (χ1v) is 11.1. The van der Waals surface area contributed by atoms with Crippen LogP contribution in [0.5, 0.6) is 0 Å². The third-order valence-electron chi connectivity index (χ3n) is 4.30. The van der Waals surface area contributed by atoms with Gasteiger partial charge in [0.2, 0.25) is 5.89 Å². The van der Waals surface area contributed by atoms with Gasteiger partial charge in [0.15, 0.2) is 15.4 Å². The van der Waals surface area contributed by atoms with Crippen LogP contribution >= 0.6 is 11.6 Å². The fourth-order valence-corrected chi connectivity index (χ4v) is 3.91. The van der Waals surface area contributed by atoms with Gasteiger partial charge in [-0.3, -0.25) is 4.79 Å². The van der Waals surface area contributed by atoms with Gasteiger partial charge in [-0.1, -0.05) is 17.7 Å². The molecule has 1 amide bonds. The Morgan fingerprint density at radius 1 is 1.13 bits per heavy atom. The lowest BCUT2D eigenvalue weighted by Gasteiger charge is -2.08. The number of oxazole rings is 1. The Bertz CT molecular complexity index is 1490. The first-order valence-electron chi connectivity index (χ1n) is 8.84. The number of benzene rings is 2. The number of pyridine rings is 1. The smallest absolute Gasteiger partial charge is 0.275 e. The van der Waals surface area contributed by atoms with Crippen molar-refractivity contribution in [3.05, 3.63) is 71.0 Å². The highest BCUT2D eigenvalue weighted by Gasteiger charge is 2.22. The van der Waals surface area contributed by atoms with Crippen LogP contribution in [0.25, 0.3) is 22.6 Å². The minimum atomic E-state index is -3.73. The van der Waals surface area contributed by atoms with Gasteiger partial charge < -0.3 is 9.73 Å². The quantitative estimate of drug-likeness (QED) is 0.494. The van der Waals surface area contributed by atoms with Gasteiger partial charge in [-0.2, -0.15) is 5.26 Å². The van der Waals surface area contributed by atoms with Crippen molar-refractivity contribution in [3.63, 3.8) is 0 Å². The van der Waals surface area contributed by atoms with E-state index in [-0.39, 0.29) is 16.3 Å². The van der Waals surface area contributed by atoms with Crippen LogP contribution in [-0.4, -0.2) is 30.5 Å². The lowest BCUT2D eigenvalue weighted by Crippen LogP contribution is -2.18. The number of hydrogen-bond acceptors (Lipinski definition) is 7. The van der Waals surface area contributed by atoms with Crippen molar-refractivity contribution in [2.24, 2.45) is 0 Å². The first-order chi connectivity index (χ1) is 14.7. The SMILES string of the molecule is CS(=O)(=O)c1ccc(C#N)nc1C(=O)Nc1ccc2oc(-c3cccc(Cl)c3)nc2c1. The zero-order valence-corrected chi connectivity index (χ0v) is 17.5. The lowest BCUT2D eigenvalue weighted by atomic mass is 10.2. The third kappa shape index (κ3) is 4.26. The Kier molecular flexibility index (Phi) is 5.19. The summed E-state index contributed by atoms with van der Waals surface area (Å²) >= 11 is 6.01. The van der Waals surface area contributed by atoms with E-state index in [0.29, 0.717) is 33.3 Å². The van der Waals surface area contributed by atoms with E-state index in [1.54, 1.807) is 48.5 Å². The van der Waals surface area contributed by atoms with Gasteiger partial charge in [0.05, 0.1) is 4.90 Å². The normalized spacial score (nSPS) is 11.3. The standard InChI is InChI=1S/C21H13ClN4O4S/c1-31(28,29)18-8-6-15(11-23)24-19(18)20(27)25-14-5-7-17-16(10-14)26-21(30-17)12-3-2-4-13(22)9-12/h2-10H,1H3,(H,25,27). The molecule has 154 valence electrons. The zero-order chi connectivity index (χ0) is 22.2. The number of carbonyl (C=O) groups is 1. The molecule has 2 heterocycles. The molecule has 0 fully saturated rings. The molecular formula is C21H13ClN4O4S. The summed E-state index contributed by atoms with van der Waals surface area (Å²) in [5.41, 5.74) is 1.60. The molecule has 2 aromatic heterocycles. The highest BCUT2D eigenvalue weighted by molar-refractivity contribution is 7.90. The molecule has 1 N–H and O–H groups in total. The summed E-state index contributed by atoms with van der Waals surface area (Å²) in [7, 11) is -3.73. The van der Waals surface area contributed by atoms with E-state index in [2.05, 4.69) is 15.3 Å². The average molecular weight is 453 g/mol. The number of rotatable bonds is 4. The third-order valence-corrected chi connectivity index (χ3v) is 5.67. The van der Waals surface area contributed by atoms with Crippen molar-refractivity contribution in [1.82, 2.24) is 9.97 Å². The maximum atomic E-state index is 12.7. The molecule has 31 heavy (non-hydrogen) atoms. The molecule has 0 unspecified atom stereocenters. The number of fused-ring (bicyclic) bond motifs is 1. The van der Waals surface area contributed by atoms with E-state index in [9.17, 15) is 13.2 Å². The van der Waals surface area contributed by atoms with Gasteiger partial charge in [-0.15, -0.1) is 0 Å². The number of nitriles is 1. The van der Waals surface area contributed by atoms with Crippen molar-refractivity contribution in [1.29, 1.82) is 5.26 Å². The summed E-state index contributed by atoms with van der Waals surface area (Å²) < 4.78 is 29.8. The van der Waals surface area contributed by atoms with Crippen molar-refractivity contribution < 1.29 is 17.6 Å². The van der Waals surface area contributed by atoms with Gasteiger partial charge in [0.1, 0.15) is 23.0 Å². The van der Waals surface area contributed by atoms with E-state index >= 15 is 0 Å². The molecule has 0 aliphatic rings. The average Bonchev–Trinajstić information content (AvgIpc) is 3.16. The summed E-state index contributed by atoms with van der Waals surface area (Å²) in [5.74, 6) is -0.404. The Balaban J connectivity index is 1.68. The summed E-state index contributed by atoms with van der Waals surface area (Å²) in [6.45, 7) is 0. The molecule has 0 bridgehead atoms. The van der Waals surface area contributed by atoms with Gasteiger partial charge in [0.25, 0.3) is 5.91 Å². The van der Waals surface area contributed by atoms with Crippen LogP contribution in [0.3, 0.4) is 0 Å². The number of nitrogens with one attached hydrogen (secondary N) is 1. The summed E-state index contributed by atoms with van der Waals surface area (Å²) in [6.07, 6.45) is 0.964. The molecule has 8 nitrogen and oxygen atoms in total. The number of anilines is 1. The number of amides is 1. The van der Waals surface area contributed by atoms with E-state index in [1.165, 1.54) is 12.1 Å². The topological polar surface area (TPSA) is 126 Å². The van der Waals surface area contributed by atoms with Crippen molar-refractivity contribution in [2.75, 3.05) is 11.6 Å². The van der Waals surface area contributed by atoms with Crippen LogP contribution in [-0.2, 0) is 9.84 Å². The Morgan fingerprint density at radius 2 is 1.94 bits per heavy atom. The molecule has 0 radical (unpaired) electrons. The molecule has 0 spiro atoms. The van der Waals surface area contributed by atoms with Crippen LogP contribution in [0.1, 0.15) is 16.2 Å². The number of hydrogen-bond donors (Lipinski definition) is 1. The largest absolute Gasteiger partial charge is 0.436 e. The molecule has 0 aliphatic heterocycles. The Hall–Kier alpha value is -3.74. The van der Waals surface area contributed by atoms with Gasteiger partial charge >= 0.3 is 0 Å². The fraction of sp³-hybridized carbons (Fsp3) is 0.0476. The van der Waals surface area contributed by atoms with Crippen LogP contribution < -0.4 is 5.32 Å². The van der Waals surface area contributed by atoms with Crippen molar-refractivity contribution >= 4 is 44.1 Å². The number of carbonyl (C=O) groups excluding carboxylic acids is 1. The highest BCUT2D eigenvalue weighted by Crippen LogP contribution is 2.28. The Morgan fingerprint density at radius 3 is 2.65 bits per heavy atom. The second kappa shape index (κ2) is 7.83. The van der Waals surface area contributed by atoms with Crippen LogP contribution in [0.4, 0.5) is 5.69 Å². The van der Waals surface area contributed by atoms with Crippen LogP contribution in [0.15, 0.2) is 63.9 Å². The summed E-state index contributed by atoms with van der Waals surface area (Å²) in [4.78, 5) is 20.8. The molecule has 0 saturated carbocycles. The van der Waals surface area contributed by atoms with Gasteiger partial charge in [0, 0.05) is 22.5 Å². The predicted molar refractivity (Wildman–Crippen MR) is 114 cm³/mol. The number of aromatic nitrogens is 2. The molecule has 4 aromatic rings. The van der Waals surface area contributed by atoms with Crippen molar-refractivity contribution in [2.45, 2.75) is 4.90 Å². The fourth-order valence-electron chi connectivity index (χ4n) is 2.91. The second-order valence-corrected chi connectivity index (χ2v) is 9.01. The zero-order valence-electron chi connectivity index (χ0n) is 16.0. The van der Waals surface area contributed by atoms with Crippen molar-refractivity contribution in [3.8, 4) is 17.5 Å². The van der Waals surface area contributed by atoms with E-state index < -0.39 is 15.7 Å². The van der Waals surface area contributed by atoms with E-state index in [1.807, 2.05) is 0 Å². The first kappa shape index (κ1) is 20.5. The van der Waals surface area contributed by atoms with Crippen LogP contribution in [0, 0.1) is 11.3 Å². The summed E-state index contributed by atoms with van der Waals surface area (Å²) in [6, 6.07) is 16.1. The maximum Gasteiger partial charge on any atom is 0.275 e. The van der Waals surface area contributed by atoms with E-state index in [0.717, 1.165) is 6.26 Å². The minimum Gasteiger partial charge on any atom is -0.436 e. The van der Waals surface area contributed by atoms with E-state index in [4.69, 9.17) is 21.3 Å². The predicted octanol–water partition coefficient (Wildman–Crippen LogP) is 4.07. The lowest BCUT2D eigenvalue weighted by molar-refractivity contribution is 0.101. The Labute approximate surface area is 182 Å². The number of nitrogens with zero attached hydrogens (tertiary/aromatic N) is 3. The molecule has 2 aromatic carbocycles. The molecule has 0 saturated heterocycles. The number of halogens is 1. The van der Waals surface area contributed by atoms with Crippen LogP contribution in [0.2, 0.25) is 5.02 Å². The minimum absolute atomic E-state index is 0.0735. The molecule has 4 rings (SSSR count).